The van der Waals surface area contributed by atoms with Crippen LogP contribution in [0.25, 0.3) is 0 Å². The second kappa shape index (κ2) is 6.37. The molecular formula is C15H25NOS. The van der Waals surface area contributed by atoms with Crippen molar-refractivity contribution in [1.82, 2.24) is 0 Å². The average Bonchev–Trinajstić information content (AvgIpc) is 2.34. The van der Waals surface area contributed by atoms with E-state index in [9.17, 15) is 0 Å². The van der Waals surface area contributed by atoms with Crippen LogP contribution in [0.4, 0.5) is 5.69 Å². The summed E-state index contributed by atoms with van der Waals surface area (Å²) in [6.07, 6.45) is 1.07. The van der Waals surface area contributed by atoms with Gasteiger partial charge in [-0.05, 0) is 35.3 Å². The molecule has 0 aliphatic carbocycles. The topological polar surface area (TPSA) is 12.5 Å². The molecule has 18 heavy (non-hydrogen) atoms. The highest BCUT2D eigenvalue weighted by atomic mass is 32.1. The number of thiol groups is 1. The van der Waals surface area contributed by atoms with Gasteiger partial charge in [0.2, 0.25) is 0 Å². The SMILES string of the molecule is COc1ccc(C(C)(C)C)cc1N(C)CCCS. The first kappa shape index (κ1) is 15.2. The van der Waals surface area contributed by atoms with Crippen LogP contribution in [0.5, 0.6) is 5.75 Å². The van der Waals surface area contributed by atoms with Gasteiger partial charge in [0.25, 0.3) is 0 Å². The van der Waals surface area contributed by atoms with Crippen molar-refractivity contribution in [1.29, 1.82) is 0 Å². The van der Waals surface area contributed by atoms with E-state index >= 15 is 0 Å². The normalized spacial score (nSPS) is 11.4. The quantitative estimate of drug-likeness (QED) is 0.816. The van der Waals surface area contributed by atoms with Crippen LogP contribution in [-0.2, 0) is 5.41 Å². The molecule has 1 rings (SSSR count). The monoisotopic (exact) mass is 267 g/mol. The van der Waals surface area contributed by atoms with Crippen molar-refractivity contribution in [3.05, 3.63) is 23.8 Å². The molecule has 3 heteroatoms. The largest absolute Gasteiger partial charge is 0.495 e. The zero-order valence-electron chi connectivity index (χ0n) is 12.2. The van der Waals surface area contributed by atoms with Crippen molar-refractivity contribution in [3.8, 4) is 5.75 Å². The maximum absolute atomic E-state index is 5.45. The number of hydrogen-bond acceptors (Lipinski definition) is 3. The predicted molar refractivity (Wildman–Crippen MR) is 83.4 cm³/mol. The number of anilines is 1. The third-order valence-corrected chi connectivity index (χ3v) is 3.42. The van der Waals surface area contributed by atoms with E-state index < -0.39 is 0 Å². The average molecular weight is 267 g/mol. The second-order valence-corrected chi connectivity index (χ2v) is 6.08. The zero-order valence-corrected chi connectivity index (χ0v) is 13.1. The summed E-state index contributed by atoms with van der Waals surface area (Å²) in [4.78, 5) is 2.24. The summed E-state index contributed by atoms with van der Waals surface area (Å²) in [6.45, 7) is 7.68. The van der Waals surface area contributed by atoms with Crippen molar-refractivity contribution in [3.63, 3.8) is 0 Å². The van der Waals surface area contributed by atoms with Gasteiger partial charge in [-0.1, -0.05) is 26.8 Å². The molecule has 0 aromatic heterocycles. The Kier molecular flexibility index (Phi) is 5.39. The first-order chi connectivity index (χ1) is 8.40. The van der Waals surface area contributed by atoms with Gasteiger partial charge in [-0.3, -0.25) is 0 Å². The minimum atomic E-state index is 0.158. The Morgan fingerprint density at radius 3 is 2.44 bits per heavy atom. The molecule has 0 fully saturated rings. The molecule has 0 unspecified atom stereocenters. The number of benzene rings is 1. The van der Waals surface area contributed by atoms with E-state index in [1.165, 1.54) is 5.56 Å². The van der Waals surface area contributed by atoms with Crippen molar-refractivity contribution < 1.29 is 4.74 Å². The summed E-state index contributed by atoms with van der Waals surface area (Å²) < 4.78 is 5.45. The fourth-order valence-electron chi connectivity index (χ4n) is 1.88. The van der Waals surface area contributed by atoms with Crippen LogP contribution in [0.2, 0.25) is 0 Å². The number of hydrogen-bond donors (Lipinski definition) is 1. The zero-order chi connectivity index (χ0) is 13.8. The maximum atomic E-state index is 5.45. The highest BCUT2D eigenvalue weighted by Crippen LogP contribution is 2.33. The third-order valence-electron chi connectivity index (χ3n) is 3.11. The van der Waals surface area contributed by atoms with E-state index in [1.54, 1.807) is 7.11 Å². The Bertz CT molecular complexity index is 385. The molecule has 0 bridgehead atoms. The molecule has 102 valence electrons. The molecule has 0 saturated heterocycles. The highest BCUT2D eigenvalue weighted by Gasteiger charge is 2.17. The summed E-state index contributed by atoms with van der Waals surface area (Å²) in [5.41, 5.74) is 2.65. The number of ether oxygens (including phenoxy) is 1. The summed E-state index contributed by atoms with van der Waals surface area (Å²) in [6, 6.07) is 6.44. The summed E-state index contributed by atoms with van der Waals surface area (Å²) >= 11 is 4.26. The molecule has 0 N–H and O–H groups in total. The Labute approximate surface area is 117 Å². The first-order valence-electron chi connectivity index (χ1n) is 6.40. The van der Waals surface area contributed by atoms with Gasteiger partial charge in [0, 0.05) is 13.6 Å². The fourth-order valence-corrected chi connectivity index (χ4v) is 2.02. The van der Waals surface area contributed by atoms with E-state index in [-0.39, 0.29) is 5.41 Å². The predicted octanol–water partition coefficient (Wildman–Crippen LogP) is 3.75. The Hall–Kier alpha value is -0.830. The van der Waals surface area contributed by atoms with Crippen molar-refractivity contribution in [2.75, 3.05) is 31.4 Å². The van der Waals surface area contributed by atoms with Gasteiger partial charge in [0.05, 0.1) is 12.8 Å². The Balaban J connectivity index is 3.06. The van der Waals surface area contributed by atoms with Gasteiger partial charge in [-0.15, -0.1) is 0 Å². The van der Waals surface area contributed by atoms with E-state index in [1.807, 2.05) is 0 Å². The summed E-state index contributed by atoms with van der Waals surface area (Å²) in [5, 5.41) is 0. The lowest BCUT2D eigenvalue weighted by Gasteiger charge is -2.26. The van der Waals surface area contributed by atoms with Crippen molar-refractivity contribution >= 4 is 18.3 Å². The molecule has 0 heterocycles. The lowest BCUT2D eigenvalue weighted by molar-refractivity contribution is 0.414. The molecule has 0 radical (unpaired) electrons. The van der Waals surface area contributed by atoms with Crippen molar-refractivity contribution in [2.45, 2.75) is 32.6 Å². The standard InChI is InChI=1S/C15H25NOS/c1-15(2,3)12-7-8-14(17-5)13(11-12)16(4)9-6-10-18/h7-8,11,18H,6,9-10H2,1-5H3. The molecule has 0 aliphatic heterocycles. The Morgan fingerprint density at radius 1 is 1.28 bits per heavy atom. The van der Waals surface area contributed by atoms with Gasteiger partial charge in [-0.2, -0.15) is 12.6 Å². The smallest absolute Gasteiger partial charge is 0.142 e. The third kappa shape index (κ3) is 3.84. The van der Waals surface area contributed by atoms with Crippen LogP contribution in [-0.4, -0.2) is 26.5 Å². The number of nitrogens with zero attached hydrogens (tertiary/aromatic N) is 1. The van der Waals surface area contributed by atoms with E-state index in [0.29, 0.717) is 0 Å². The Morgan fingerprint density at radius 2 is 1.94 bits per heavy atom. The molecule has 0 aliphatic rings. The van der Waals surface area contributed by atoms with Crippen LogP contribution in [0.15, 0.2) is 18.2 Å². The molecule has 0 spiro atoms. The van der Waals surface area contributed by atoms with Gasteiger partial charge in [0.15, 0.2) is 0 Å². The van der Waals surface area contributed by atoms with E-state index in [2.05, 4.69) is 63.5 Å². The minimum Gasteiger partial charge on any atom is -0.495 e. The van der Waals surface area contributed by atoms with Gasteiger partial charge >= 0.3 is 0 Å². The molecule has 0 atom stereocenters. The molecule has 2 nitrogen and oxygen atoms in total. The van der Waals surface area contributed by atoms with E-state index in [0.717, 1.165) is 30.2 Å². The maximum Gasteiger partial charge on any atom is 0.142 e. The summed E-state index contributed by atoms with van der Waals surface area (Å²) in [7, 11) is 3.83. The molecular weight excluding hydrogens is 242 g/mol. The minimum absolute atomic E-state index is 0.158. The number of rotatable bonds is 5. The van der Waals surface area contributed by atoms with Crippen LogP contribution in [0, 0.1) is 0 Å². The lowest BCUT2D eigenvalue weighted by atomic mass is 9.86. The van der Waals surface area contributed by atoms with Gasteiger partial charge < -0.3 is 9.64 Å². The van der Waals surface area contributed by atoms with E-state index in [4.69, 9.17) is 4.74 Å². The van der Waals surface area contributed by atoms with Gasteiger partial charge in [-0.25, -0.2) is 0 Å². The lowest BCUT2D eigenvalue weighted by Crippen LogP contribution is -2.21. The van der Waals surface area contributed by atoms with Crippen LogP contribution >= 0.6 is 12.6 Å². The number of methoxy groups -OCH3 is 1. The molecule has 1 aromatic carbocycles. The molecule has 0 saturated carbocycles. The van der Waals surface area contributed by atoms with Gasteiger partial charge in [0.1, 0.15) is 5.75 Å². The highest BCUT2D eigenvalue weighted by molar-refractivity contribution is 7.80. The second-order valence-electron chi connectivity index (χ2n) is 5.64. The van der Waals surface area contributed by atoms with Crippen LogP contribution < -0.4 is 9.64 Å². The van der Waals surface area contributed by atoms with Crippen LogP contribution in [0.1, 0.15) is 32.8 Å². The van der Waals surface area contributed by atoms with Crippen molar-refractivity contribution in [2.24, 2.45) is 0 Å². The summed E-state index contributed by atoms with van der Waals surface area (Å²) in [5.74, 6) is 1.84. The fraction of sp³-hybridized carbons (Fsp3) is 0.600. The molecule has 1 aromatic rings. The van der Waals surface area contributed by atoms with Crippen LogP contribution in [0.3, 0.4) is 0 Å². The first-order valence-corrected chi connectivity index (χ1v) is 7.04. The molecule has 0 amide bonds.